The Morgan fingerprint density at radius 2 is 2.11 bits per heavy atom. The second-order valence-corrected chi connectivity index (χ2v) is 5.28. The summed E-state index contributed by atoms with van der Waals surface area (Å²) in [6.45, 7) is 7.49. The number of carbonyl (C=O) groups excluding carboxylic acids is 2. The molecule has 0 unspecified atom stereocenters. The maximum Gasteiger partial charge on any atom is 0.271 e. The van der Waals surface area contributed by atoms with Gasteiger partial charge in [-0.2, -0.15) is 0 Å². The van der Waals surface area contributed by atoms with Crippen LogP contribution >= 0.6 is 0 Å². The van der Waals surface area contributed by atoms with E-state index in [1.165, 1.54) is 0 Å². The third kappa shape index (κ3) is 3.87. The van der Waals surface area contributed by atoms with Gasteiger partial charge in [-0.05, 0) is 27.7 Å². The van der Waals surface area contributed by atoms with Gasteiger partial charge in [0.25, 0.3) is 5.91 Å². The van der Waals surface area contributed by atoms with Gasteiger partial charge in [0.15, 0.2) is 0 Å². The van der Waals surface area contributed by atoms with Gasteiger partial charge in [-0.25, -0.2) is 4.98 Å². The molecule has 100 valence electrons. The predicted octanol–water partition coefficient (Wildman–Crippen LogP) is 0.848. The first kappa shape index (κ1) is 14.2. The van der Waals surface area contributed by atoms with Gasteiger partial charge in [-0.1, -0.05) is 0 Å². The highest BCUT2D eigenvalue weighted by Gasteiger charge is 2.24. The molecule has 0 aromatic carbocycles. The Morgan fingerprint density at radius 3 is 2.56 bits per heavy atom. The maximum atomic E-state index is 11.9. The maximum absolute atomic E-state index is 11.9. The molecule has 2 amide bonds. The highest BCUT2D eigenvalue weighted by Crippen LogP contribution is 2.10. The van der Waals surface area contributed by atoms with E-state index in [0.29, 0.717) is 5.69 Å². The normalized spacial score (nSPS) is 11.6. The molecule has 3 N–H and O–H groups in total. The second kappa shape index (κ2) is 5.20. The average Bonchev–Trinajstić information content (AvgIpc) is 2.62. The molecular formula is C12H20N4O2. The topological polar surface area (TPSA) is 90.0 Å². The van der Waals surface area contributed by atoms with Gasteiger partial charge in [0.2, 0.25) is 5.91 Å². The second-order valence-electron chi connectivity index (χ2n) is 5.28. The highest BCUT2D eigenvalue weighted by atomic mass is 16.2. The molecule has 0 aliphatic heterocycles. The number of primary amides is 1. The summed E-state index contributed by atoms with van der Waals surface area (Å²) in [6.07, 6.45) is 3.38. The predicted molar refractivity (Wildman–Crippen MR) is 68.0 cm³/mol. The zero-order chi connectivity index (χ0) is 13.9. The standard InChI is InChI=1S/C12H20N4O2/c1-8(2)16-6-9(14-7-16)11(18)15-12(3,4)5-10(13)17/h6-8H,5H2,1-4H3,(H2,13,17)(H,15,18). The van der Waals surface area contributed by atoms with Crippen LogP contribution in [0.4, 0.5) is 0 Å². The van der Waals surface area contributed by atoms with Crippen LogP contribution in [0.2, 0.25) is 0 Å². The van der Waals surface area contributed by atoms with E-state index >= 15 is 0 Å². The summed E-state index contributed by atoms with van der Waals surface area (Å²) in [7, 11) is 0. The third-order valence-electron chi connectivity index (χ3n) is 2.50. The van der Waals surface area contributed by atoms with E-state index in [-0.39, 0.29) is 18.4 Å². The fourth-order valence-electron chi connectivity index (χ4n) is 1.59. The Morgan fingerprint density at radius 1 is 1.50 bits per heavy atom. The summed E-state index contributed by atoms with van der Waals surface area (Å²) in [5.74, 6) is -0.756. The third-order valence-corrected chi connectivity index (χ3v) is 2.50. The van der Waals surface area contributed by atoms with Crippen LogP contribution in [0, 0.1) is 0 Å². The van der Waals surface area contributed by atoms with Gasteiger partial charge in [-0.3, -0.25) is 9.59 Å². The number of carbonyl (C=O) groups is 2. The van der Waals surface area contributed by atoms with Crippen molar-refractivity contribution in [2.75, 3.05) is 0 Å². The van der Waals surface area contributed by atoms with Crippen LogP contribution in [-0.2, 0) is 4.79 Å². The monoisotopic (exact) mass is 252 g/mol. The van der Waals surface area contributed by atoms with Crippen LogP contribution < -0.4 is 11.1 Å². The fourth-order valence-corrected chi connectivity index (χ4v) is 1.59. The molecule has 0 saturated heterocycles. The SMILES string of the molecule is CC(C)n1cnc(C(=O)NC(C)(C)CC(N)=O)c1. The average molecular weight is 252 g/mol. The minimum absolute atomic E-state index is 0.0869. The number of hydrogen-bond acceptors (Lipinski definition) is 3. The van der Waals surface area contributed by atoms with Crippen molar-refractivity contribution in [2.24, 2.45) is 5.73 Å². The van der Waals surface area contributed by atoms with E-state index in [4.69, 9.17) is 5.73 Å². The van der Waals surface area contributed by atoms with Crippen LogP contribution in [0.1, 0.15) is 50.6 Å². The number of nitrogens with zero attached hydrogens (tertiary/aromatic N) is 2. The first-order valence-corrected chi connectivity index (χ1v) is 5.85. The van der Waals surface area contributed by atoms with Gasteiger partial charge < -0.3 is 15.6 Å². The van der Waals surface area contributed by atoms with E-state index < -0.39 is 11.4 Å². The first-order valence-electron chi connectivity index (χ1n) is 5.85. The smallest absolute Gasteiger partial charge is 0.271 e. The lowest BCUT2D eigenvalue weighted by Crippen LogP contribution is -2.46. The van der Waals surface area contributed by atoms with E-state index in [1.807, 2.05) is 18.4 Å². The zero-order valence-electron chi connectivity index (χ0n) is 11.2. The van der Waals surface area contributed by atoms with Crippen molar-refractivity contribution in [2.45, 2.75) is 45.7 Å². The number of aromatic nitrogens is 2. The van der Waals surface area contributed by atoms with Crippen LogP contribution in [0.5, 0.6) is 0 Å². The van der Waals surface area contributed by atoms with Crippen molar-refractivity contribution in [3.8, 4) is 0 Å². The van der Waals surface area contributed by atoms with Crippen molar-refractivity contribution in [3.05, 3.63) is 18.2 Å². The largest absolute Gasteiger partial charge is 0.370 e. The van der Waals surface area contributed by atoms with Crippen LogP contribution in [0.15, 0.2) is 12.5 Å². The van der Waals surface area contributed by atoms with Crippen molar-refractivity contribution in [1.82, 2.24) is 14.9 Å². The van der Waals surface area contributed by atoms with Crippen LogP contribution in [0.3, 0.4) is 0 Å². The summed E-state index contributed by atoms with van der Waals surface area (Å²) in [6, 6.07) is 0.248. The van der Waals surface area contributed by atoms with Crippen molar-refractivity contribution in [3.63, 3.8) is 0 Å². The Labute approximate surface area is 107 Å². The molecular weight excluding hydrogens is 232 g/mol. The van der Waals surface area contributed by atoms with Crippen molar-refractivity contribution < 1.29 is 9.59 Å². The molecule has 6 heteroatoms. The lowest BCUT2D eigenvalue weighted by atomic mass is 10.0. The van der Waals surface area contributed by atoms with Gasteiger partial charge in [0.05, 0.1) is 6.33 Å². The molecule has 0 aliphatic rings. The summed E-state index contributed by atoms with van der Waals surface area (Å²) in [5.41, 5.74) is 4.79. The molecule has 1 heterocycles. The molecule has 6 nitrogen and oxygen atoms in total. The molecule has 1 aromatic heterocycles. The van der Waals surface area contributed by atoms with Gasteiger partial charge >= 0.3 is 0 Å². The van der Waals surface area contributed by atoms with Crippen molar-refractivity contribution in [1.29, 1.82) is 0 Å². The van der Waals surface area contributed by atoms with Gasteiger partial charge in [0.1, 0.15) is 5.69 Å². The van der Waals surface area contributed by atoms with E-state index in [9.17, 15) is 9.59 Å². The number of rotatable bonds is 5. The molecule has 1 aromatic rings. The molecule has 0 spiro atoms. The Kier molecular flexibility index (Phi) is 4.11. The first-order chi connectivity index (χ1) is 8.21. The van der Waals surface area contributed by atoms with Gasteiger partial charge in [-0.15, -0.1) is 0 Å². The van der Waals surface area contributed by atoms with E-state index in [2.05, 4.69) is 10.3 Å². The minimum atomic E-state index is -0.676. The molecule has 1 rings (SSSR count). The molecule has 0 atom stereocenters. The molecule has 18 heavy (non-hydrogen) atoms. The summed E-state index contributed by atoms with van der Waals surface area (Å²) >= 11 is 0. The molecule has 0 aliphatic carbocycles. The highest BCUT2D eigenvalue weighted by molar-refractivity contribution is 5.93. The minimum Gasteiger partial charge on any atom is -0.370 e. The number of nitrogens with one attached hydrogen (secondary N) is 1. The summed E-state index contributed by atoms with van der Waals surface area (Å²) < 4.78 is 1.84. The lowest BCUT2D eigenvalue weighted by molar-refractivity contribution is -0.119. The molecule has 0 radical (unpaired) electrons. The molecule has 0 fully saturated rings. The quantitative estimate of drug-likeness (QED) is 0.814. The number of nitrogens with two attached hydrogens (primary N) is 1. The van der Waals surface area contributed by atoms with Crippen molar-refractivity contribution >= 4 is 11.8 Å². The summed E-state index contributed by atoms with van der Waals surface area (Å²) in [5, 5.41) is 2.74. The van der Waals surface area contributed by atoms with Crippen LogP contribution in [0.25, 0.3) is 0 Å². The Balaban J connectivity index is 2.72. The van der Waals surface area contributed by atoms with E-state index in [1.54, 1.807) is 26.4 Å². The van der Waals surface area contributed by atoms with Gasteiger partial charge in [0, 0.05) is 24.2 Å². The lowest BCUT2D eigenvalue weighted by Gasteiger charge is -2.24. The van der Waals surface area contributed by atoms with Crippen LogP contribution in [-0.4, -0.2) is 26.9 Å². The number of imidazole rings is 1. The fraction of sp³-hybridized carbons (Fsp3) is 0.583. The number of amides is 2. The summed E-state index contributed by atoms with van der Waals surface area (Å²) in [4.78, 5) is 26.9. The molecule has 0 saturated carbocycles. The van der Waals surface area contributed by atoms with E-state index in [0.717, 1.165) is 0 Å². The zero-order valence-corrected chi connectivity index (χ0v) is 11.2. The number of hydrogen-bond donors (Lipinski definition) is 2. The Hall–Kier alpha value is -1.85. The molecule has 0 bridgehead atoms. The Bertz CT molecular complexity index is 449.